The molecule has 0 spiro atoms. The number of carbonyl (C=O) groups is 1. The maximum absolute atomic E-state index is 13.7. The van der Waals surface area contributed by atoms with Gasteiger partial charge in [0.1, 0.15) is 24.6 Å². The third-order valence-electron chi connectivity index (χ3n) is 2.72. The van der Waals surface area contributed by atoms with Crippen LogP contribution in [0.5, 0.6) is 0 Å². The zero-order chi connectivity index (χ0) is 14.0. The van der Waals surface area contributed by atoms with Gasteiger partial charge in [0.2, 0.25) is 0 Å². The molecule has 19 heavy (non-hydrogen) atoms. The van der Waals surface area contributed by atoms with E-state index >= 15 is 0 Å². The number of aromatic nitrogens is 2. The number of benzene rings is 1. The van der Waals surface area contributed by atoms with Crippen molar-refractivity contribution in [1.29, 1.82) is 0 Å². The standard InChI is InChI=1S/C13H15FN2O3/c1-8(2)16-10-5-3-4-9(14)13(10)15-11(16)6-19-7-12(17)18/h3-5,8H,6-7H2,1-2H3,(H,17,18). The lowest BCUT2D eigenvalue weighted by molar-refractivity contribution is -0.142. The number of nitrogens with zero attached hydrogens (tertiary/aromatic N) is 2. The van der Waals surface area contributed by atoms with Gasteiger partial charge in [0.25, 0.3) is 0 Å². The molecule has 1 heterocycles. The van der Waals surface area contributed by atoms with Gasteiger partial charge in [-0.2, -0.15) is 0 Å². The van der Waals surface area contributed by atoms with E-state index in [0.29, 0.717) is 11.3 Å². The third kappa shape index (κ3) is 2.73. The van der Waals surface area contributed by atoms with Crippen LogP contribution in [0.15, 0.2) is 18.2 Å². The van der Waals surface area contributed by atoms with E-state index in [1.54, 1.807) is 12.1 Å². The second-order valence-electron chi connectivity index (χ2n) is 4.49. The van der Waals surface area contributed by atoms with Crippen molar-refractivity contribution in [3.05, 3.63) is 29.8 Å². The van der Waals surface area contributed by atoms with Crippen LogP contribution in [-0.4, -0.2) is 27.2 Å². The van der Waals surface area contributed by atoms with Crippen LogP contribution in [0.3, 0.4) is 0 Å². The summed E-state index contributed by atoms with van der Waals surface area (Å²) in [5, 5.41) is 8.54. The molecule has 0 bridgehead atoms. The number of carboxylic acid groups (broad SMARTS) is 1. The lowest BCUT2D eigenvalue weighted by atomic mass is 10.3. The summed E-state index contributed by atoms with van der Waals surface area (Å²) in [5.41, 5.74) is 0.967. The lowest BCUT2D eigenvalue weighted by Crippen LogP contribution is -2.11. The topological polar surface area (TPSA) is 64.3 Å². The smallest absolute Gasteiger partial charge is 0.329 e. The Morgan fingerprint density at radius 2 is 2.26 bits per heavy atom. The molecular formula is C13H15FN2O3. The quantitative estimate of drug-likeness (QED) is 0.902. The highest BCUT2D eigenvalue weighted by Gasteiger charge is 2.15. The zero-order valence-electron chi connectivity index (χ0n) is 10.8. The average molecular weight is 266 g/mol. The fourth-order valence-electron chi connectivity index (χ4n) is 2.04. The maximum atomic E-state index is 13.7. The third-order valence-corrected chi connectivity index (χ3v) is 2.72. The Hall–Kier alpha value is -1.95. The zero-order valence-corrected chi connectivity index (χ0v) is 10.8. The van der Waals surface area contributed by atoms with Gasteiger partial charge in [0.05, 0.1) is 5.52 Å². The summed E-state index contributed by atoms with van der Waals surface area (Å²) in [6.07, 6.45) is 0. The molecule has 0 aliphatic rings. The van der Waals surface area contributed by atoms with Crippen LogP contribution in [0, 0.1) is 5.82 Å². The summed E-state index contributed by atoms with van der Waals surface area (Å²) in [6.45, 7) is 3.54. The monoisotopic (exact) mass is 266 g/mol. The molecule has 0 amide bonds. The molecule has 0 aliphatic carbocycles. The van der Waals surface area contributed by atoms with Crippen LogP contribution < -0.4 is 0 Å². The van der Waals surface area contributed by atoms with Gasteiger partial charge in [-0.25, -0.2) is 14.2 Å². The van der Waals surface area contributed by atoms with Crippen LogP contribution in [0.25, 0.3) is 11.0 Å². The van der Waals surface area contributed by atoms with Crippen molar-refractivity contribution >= 4 is 17.0 Å². The number of para-hydroxylation sites is 1. The SMILES string of the molecule is CC(C)n1c(COCC(=O)O)nc2c(F)cccc21. The molecule has 0 unspecified atom stereocenters. The van der Waals surface area contributed by atoms with Crippen LogP contribution in [0.2, 0.25) is 0 Å². The van der Waals surface area contributed by atoms with Crippen molar-refractivity contribution in [1.82, 2.24) is 9.55 Å². The van der Waals surface area contributed by atoms with E-state index in [-0.39, 0.29) is 18.2 Å². The second-order valence-corrected chi connectivity index (χ2v) is 4.49. The fraction of sp³-hybridized carbons (Fsp3) is 0.385. The van der Waals surface area contributed by atoms with Crippen molar-refractivity contribution in [2.24, 2.45) is 0 Å². The summed E-state index contributed by atoms with van der Waals surface area (Å²) in [6, 6.07) is 4.84. The molecule has 0 aliphatic heterocycles. The maximum Gasteiger partial charge on any atom is 0.329 e. The highest BCUT2D eigenvalue weighted by molar-refractivity contribution is 5.76. The average Bonchev–Trinajstić information content (AvgIpc) is 2.68. The molecule has 0 saturated heterocycles. The van der Waals surface area contributed by atoms with E-state index in [1.165, 1.54) is 6.07 Å². The first-order valence-corrected chi connectivity index (χ1v) is 5.95. The fourth-order valence-corrected chi connectivity index (χ4v) is 2.04. The van der Waals surface area contributed by atoms with E-state index in [1.807, 2.05) is 18.4 Å². The first-order valence-electron chi connectivity index (χ1n) is 5.95. The summed E-state index contributed by atoms with van der Waals surface area (Å²) < 4.78 is 20.6. The van der Waals surface area contributed by atoms with Gasteiger partial charge in [-0.05, 0) is 26.0 Å². The number of halogens is 1. The van der Waals surface area contributed by atoms with Gasteiger partial charge in [-0.3, -0.25) is 0 Å². The number of rotatable bonds is 5. The predicted molar refractivity (Wildman–Crippen MR) is 67.4 cm³/mol. The normalized spacial score (nSPS) is 11.4. The molecule has 0 fully saturated rings. The van der Waals surface area contributed by atoms with E-state index in [9.17, 15) is 9.18 Å². The highest BCUT2D eigenvalue weighted by atomic mass is 19.1. The molecule has 0 radical (unpaired) electrons. The number of imidazole rings is 1. The van der Waals surface area contributed by atoms with Crippen molar-refractivity contribution < 1.29 is 19.0 Å². The minimum absolute atomic E-state index is 0.0403. The summed E-state index contributed by atoms with van der Waals surface area (Å²) in [7, 11) is 0. The summed E-state index contributed by atoms with van der Waals surface area (Å²) >= 11 is 0. The Morgan fingerprint density at radius 3 is 2.89 bits per heavy atom. The predicted octanol–water partition coefficient (Wildman–Crippen LogP) is 2.36. The summed E-state index contributed by atoms with van der Waals surface area (Å²) in [4.78, 5) is 14.6. The van der Waals surface area contributed by atoms with Crippen LogP contribution >= 0.6 is 0 Å². The van der Waals surface area contributed by atoms with Crippen LogP contribution in [0.1, 0.15) is 25.7 Å². The van der Waals surface area contributed by atoms with Crippen molar-refractivity contribution in [2.45, 2.75) is 26.5 Å². The number of ether oxygens (including phenoxy) is 1. The molecule has 1 aromatic heterocycles. The minimum atomic E-state index is -1.04. The molecule has 2 aromatic rings. The number of fused-ring (bicyclic) bond motifs is 1. The van der Waals surface area contributed by atoms with Gasteiger partial charge >= 0.3 is 5.97 Å². The van der Waals surface area contributed by atoms with E-state index in [2.05, 4.69) is 4.98 Å². The number of carboxylic acids is 1. The largest absolute Gasteiger partial charge is 0.480 e. The second kappa shape index (κ2) is 5.36. The molecule has 1 aromatic carbocycles. The lowest BCUT2D eigenvalue weighted by Gasteiger charge is -2.12. The van der Waals surface area contributed by atoms with Crippen molar-refractivity contribution in [3.8, 4) is 0 Å². The van der Waals surface area contributed by atoms with Gasteiger partial charge in [-0.1, -0.05) is 6.07 Å². The van der Waals surface area contributed by atoms with E-state index in [0.717, 1.165) is 0 Å². The van der Waals surface area contributed by atoms with Gasteiger partial charge in [-0.15, -0.1) is 0 Å². The molecule has 6 heteroatoms. The first kappa shape index (κ1) is 13.5. The van der Waals surface area contributed by atoms with Crippen molar-refractivity contribution in [2.75, 3.05) is 6.61 Å². The van der Waals surface area contributed by atoms with Gasteiger partial charge in [0, 0.05) is 6.04 Å². The molecule has 0 saturated carbocycles. The molecule has 5 nitrogen and oxygen atoms in total. The molecule has 0 atom stereocenters. The number of aliphatic carboxylic acids is 1. The van der Waals surface area contributed by atoms with Crippen molar-refractivity contribution in [3.63, 3.8) is 0 Å². The molecule has 2 rings (SSSR count). The van der Waals surface area contributed by atoms with E-state index < -0.39 is 18.4 Å². The van der Waals surface area contributed by atoms with Gasteiger partial charge in [0.15, 0.2) is 5.82 Å². The van der Waals surface area contributed by atoms with Crippen LogP contribution in [0.4, 0.5) is 4.39 Å². The Labute approximate surface area is 109 Å². The minimum Gasteiger partial charge on any atom is -0.480 e. The Balaban J connectivity index is 2.39. The first-order chi connectivity index (χ1) is 9.00. The molecule has 102 valence electrons. The summed E-state index contributed by atoms with van der Waals surface area (Å²) in [5.74, 6) is -0.911. The highest BCUT2D eigenvalue weighted by Crippen LogP contribution is 2.23. The number of hydrogen-bond acceptors (Lipinski definition) is 3. The van der Waals surface area contributed by atoms with Gasteiger partial charge < -0.3 is 14.4 Å². The molecular weight excluding hydrogens is 251 g/mol. The Bertz CT molecular complexity index is 607. The Kier molecular flexibility index (Phi) is 3.80. The Morgan fingerprint density at radius 1 is 1.53 bits per heavy atom. The number of hydrogen-bond donors (Lipinski definition) is 1. The van der Waals surface area contributed by atoms with E-state index in [4.69, 9.17) is 9.84 Å². The molecule has 1 N–H and O–H groups in total. The van der Waals surface area contributed by atoms with Crippen LogP contribution in [-0.2, 0) is 16.1 Å².